The van der Waals surface area contributed by atoms with Gasteiger partial charge in [0, 0.05) is 11.8 Å². The molecule has 0 spiro atoms. The van der Waals surface area contributed by atoms with Gasteiger partial charge < -0.3 is 5.73 Å². The average Bonchev–Trinajstić information content (AvgIpc) is 2.16. The lowest BCUT2D eigenvalue weighted by Gasteiger charge is -2.13. The minimum atomic E-state index is -0.611. The Labute approximate surface area is 89.2 Å². The van der Waals surface area contributed by atoms with Crippen molar-refractivity contribution in [1.82, 2.24) is 9.66 Å². The van der Waals surface area contributed by atoms with Crippen LogP contribution in [0.2, 0.25) is 0 Å². The van der Waals surface area contributed by atoms with Crippen LogP contribution in [0.3, 0.4) is 0 Å². The molecule has 0 saturated carbocycles. The van der Waals surface area contributed by atoms with E-state index in [9.17, 15) is 9.59 Å². The third-order valence-corrected chi connectivity index (χ3v) is 2.78. The van der Waals surface area contributed by atoms with Crippen LogP contribution in [0.15, 0.2) is 21.1 Å². The molecule has 1 aliphatic rings. The number of aromatic nitrogens is 2. The van der Waals surface area contributed by atoms with Gasteiger partial charge in [0.2, 0.25) is 0 Å². The highest BCUT2D eigenvalue weighted by Crippen LogP contribution is 2.18. The normalized spacial score (nSPS) is 14.3. The topological polar surface area (TPSA) is 90.3 Å². The van der Waals surface area contributed by atoms with Crippen molar-refractivity contribution >= 4 is 23.4 Å². The van der Waals surface area contributed by atoms with Gasteiger partial charge in [0.1, 0.15) is 5.71 Å². The van der Waals surface area contributed by atoms with E-state index in [-0.39, 0.29) is 11.3 Å². The first kappa shape index (κ1) is 9.91. The monoisotopic (exact) mass is 224 g/mol. The Morgan fingerprint density at radius 1 is 1.67 bits per heavy atom. The van der Waals surface area contributed by atoms with Gasteiger partial charge in [-0.05, 0) is 6.92 Å². The predicted octanol–water partition coefficient (Wildman–Crippen LogP) is -0.653. The molecule has 2 rings (SSSR count). The SMILES string of the molecule is Cc1cc(=O)n2c(n1)SCC(C(N)=O)=N2. The molecule has 0 bridgehead atoms. The minimum Gasteiger partial charge on any atom is -0.364 e. The van der Waals surface area contributed by atoms with Crippen LogP contribution in [0.4, 0.5) is 0 Å². The third kappa shape index (κ3) is 1.78. The smallest absolute Gasteiger partial charge is 0.275 e. The fourth-order valence-corrected chi connectivity index (χ4v) is 2.08. The van der Waals surface area contributed by atoms with E-state index in [0.29, 0.717) is 16.6 Å². The van der Waals surface area contributed by atoms with E-state index in [0.717, 1.165) is 4.68 Å². The molecule has 0 fully saturated rings. The van der Waals surface area contributed by atoms with Crippen LogP contribution in [0, 0.1) is 6.92 Å². The Morgan fingerprint density at radius 2 is 2.40 bits per heavy atom. The van der Waals surface area contributed by atoms with Gasteiger partial charge in [-0.25, -0.2) is 4.98 Å². The van der Waals surface area contributed by atoms with Gasteiger partial charge in [-0.1, -0.05) is 11.8 Å². The summed E-state index contributed by atoms with van der Waals surface area (Å²) in [5.74, 6) is -0.258. The van der Waals surface area contributed by atoms with Crippen LogP contribution >= 0.6 is 11.8 Å². The zero-order valence-electron chi connectivity index (χ0n) is 7.93. The van der Waals surface area contributed by atoms with Crippen molar-refractivity contribution in [3.8, 4) is 0 Å². The fourth-order valence-electron chi connectivity index (χ4n) is 1.15. The maximum Gasteiger partial charge on any atom is 0.275 e. The second kappa shape index (κ2) is 3.50. The first-order valence-corrected chi connectivity index (χ1v) is 5.17. The van der Waals surface area contributed by atoms with Crippen LogP contribution in [-0.2, 0) is 4.79 Å². The molecule has 1 aromatic heterocycles. The number of carbonyl (C=O) groups excluding carboxylic acids is 1. The highest BCUT2D eigenvalue weighted by atomic mass is 32.2. The number of rotatable bonds is 1. The summed E-state index contributed by atoms with van der Waals surface area (Å²) in [6.45, 7) is 1.73. The lowest BCUT2D eigenvalue weighted by atomic mass is 10.4. The standard InChI is InChI=1S/C8H8N4O2S/c1-4-2-6(13)12-8(10-4)15-3-5(11-12)7(9)14/h2H,3H2,1H3,(H2,9,14). The molecular formula is C8H8N4O2S. The molecule has 15 heavy (non-hydrogen) atoms. The molecule has 0 atom stereocenters. The number of nitrogens with zero attached hydrogens (tertiary/aromatic N) is 3. The fraction of sp³-hybridized carbons (Fsp3) is 0.250. The molecule has 0 aliphatic carbocycles. The molecule has 0 saturated heterocycles. The Bertz CT molecular complexity index is 520. The largest absolute Gasteiger partial charge is 0.364 e. The number of fused-ring (bicyclic) bond motifs is 1. The summed E-state index contributed by atoms with van der Waals surface area (Å²) in [6.07, 6.45) is 0. The second-order valence-corrected chi connectivity index (χ2v) is 3.97. The molecule has 1 amide bonds. The average molecular weight is 224 g/mol. The zero-order valence-corrected chi connectivity index (χ0v) is 8.74. The molecule has 2 N–H and O–H groups in total. The molecule has 1 aliphatic heterocycles. The summed E-state index contributed by atoms with van der Waals surface area (Å²) in [6, 6.07) is 1.36. The van der Waals surface area contributed by atoms with Gasteiger partial charge in [-0.3, -0.25) is 9.59 Å². The van der Waals surface area contributed by atoms with Crippen LogP contribution in [-0.4, -0.2) is 27.0 Å². The van der Waals surface area contributed by atoms with Crippen LogP contribution in [0.5, 0.6) is 0 Å². The molecule has 1 aromatic rings. The van der Waals surface area contributed by atoms with Gasteiger partial charge in [-0.2, -0.15) is 9.78 Å². The Morgan fingerprint density at radius 3 is 3.07 bits per heavy atom. The Kier molecular flexibility index (Phi) is 2.31. The van der Waals surface area contributed by atoms with Crippen molar-refractivity contribution < 1.29 is 4.79 Å². The molecule has 0 aromatic carbocycles. The van der Waals surface area contributed by atoms with Crippen LogP contribution in [0.25, 0.3) is 0 Å². The van der Waals surface area contributed by atoms with Crippen LogP contribution in [0.1, 0.15) is 5.69 Å². The molecule has 7 heteroatoms. The van der Waals surface area contributed by atoms with Gasteiger partial charge in [0.05, 0.1) is 5.75 Å². The number of hydrogen-bond donors (Lipinski definition) is 1. The lowest BCUT2D eigenvalue weighted by molar-refractivity contribution is -0.112. The quantitative estimate of drug-likeness (QED) is 0.641. The number of nitrogens with two attached hydrogens (primary N) is 1. The molecule has 0 radical (unpaired) electrons. The first-order chi connectivity index (χ1) is 7.08. The highest BCUT2D eigenvalue weighted by Gasteiger charge is 2.18. The highest BCUT2D eigenvalue weighted by molar-refractivity contribution is 8.00. The summed E-state index contributed by atoms with van der Waals surface area (Å²) < 4.78 is 1.10. The van der Waals surface area contributed by atoms with Gasteiger partial charge in [0.25, 0.3) is 11.5 Å². The van der Waals surface area contributed by atoms with E-state index < -0.39 is 5.91 Å². The number of carbonyl (C=O) groups is 1. The van der Waals surface area contributed by atoms with Crippen molar-refractivity contribution in [3.05, 3.63) is 22.1 Å². The summed E-state index contributed by atoms with van der Waals surface area (Å²) in [5, 5.41) is 4.34. The Hall–Kier alpha value is -1.63. The number of thioether (sulfide) groups is 1. The number of hydrogen-bond acceptors (Lipinski definition) is 5. The van der Waals surface area contributed by atoms with Crippen molar-refractivity contribution in [2.75, 3.05) is 5.75 Å². The van der Waals surface area contributed by atoms with E-state index >= 15 is 0 Å². The molecule has 6 nitrogen and oxygen atoms in total. The van der Waals surface area contributed by atoms with Crippen molar-refractivity contribution in [1.29, 1.82) is 0 Å². The van der Waals surface area contributed by atoms with Gasteiger partial charge in [-0.15, -0.1) is 0 Å². The molecule has 78 valence electrons. The van der Waals surface area contributed by atoms with E-state index in [1.807, 2.05) is 0 Å². The number of amides is 1. The Balaban J connectivity index is 2.60. The first-order valence-electron chi connectivity index (χ1n) is 4.19. The van der Waals surface area contributed by atoms with Crippen molar-refractivity contribution in [2.24, 2.45) is 10.8 Å². The van der Waals surface area contributed by atoms with E-state index in [4.69, 9.17) is 5.73 Å². The molecular weight excluding hydrogens is 216 g/mol. The number of aryl methyl sites for hydroxylation is 1. The van der Waals surface area contributed by atoms with Crippen LogP contribution < -0.4 is 11.3 Å². The van der Waals surface area contributed by atoms with E-state index in [1.54, 1.807) is 6.92 Å². The van der Waals surface area contributed by atoms with E-state index in [2.05, 4.69) is 10.1 Å². The van der Waals surface area contributed by atoms with Gasteiger partial charge >= 0.3 is 0 Å². The summed E-state index contributed by atoms with van der Waals surface area (Å²) in [7, 11) is 0. The summed E-state index contributed by atoms with van der Waals surface area (Å²) >= 11 is 1.27. The maximum atomic E-state index is 11.5. The minimum absolute atomic E-state index is 0.181. The lowest BCUT2D eigenvalue weighted by Crippen LogP contribution is -2.32. The van der Waals surface area contributed by atoms with Crippen molar-refractivity contribution in [2.45, 2.75) is 12.1 Å². The zero-order chi connectivity index (χ0) is 11.0. The predicted molar refractivity (Wildman–Crippen MR) is 56.0 cm³/mol. The molecule has 0 unspecified atom stereocenters. The molecule has 2 heterocycles. The van der Waals surface area contributed by atoms with Crippen molar-refractivity contribution in [3.63, 3.8) is 0 Å². The third-order valence-electron chi connectivity index (χ3n) is 1.84. The summed E-state index contributed by atoms with van der Waals surface area (Å²) in [5.41, 5.74) is 5.60. The van der Waals surface area contributed by atoms with Gasteiger partial charge in [0.15, 0.2) is 5.16 Å². The summed E-state index contributed by atoms with van der Waals surface area (Å²) in [4.78, 5) is 26.5. The van der Waals surface area contributed by atoms with E-state index in [1.165, 1.54) is 17.8 Å². The maximum absolute atomic E-state index is 11.5. The number of primary amides is 1. The second-order valence-electron chi connectivity index (χ2n) is 3.03.